The van der Waals surface area contributed by atoms with Gasteiger partial charge in [-0.05, 0) is 43.4 Å². The second-order valence-corrected chi connectivity index (χ2v) is 6.21. The van der Waals surface area contributed by atoms with Crippen LogP contribution in [0.3, 0.4) is 0 Å². The smallest absolute Gasteiger partial charge is 0.189 e. The number of aliphatic imine (C=N–C) groups is 1. The number of nitrogens with one attached hydrogen (secondary N) is 1. The second kappa shape index (κ2) is 5.22. The lowest BCUT2D eigenvalue weighted by atomic mass is 9.93. The molecule has 0 spiro atoms. The molecule has 0 radical (unpaired) electrons. The molecule has 0 heterocycles. The van der Waals surface area contributed by atoms with E-state index in [1.54, 1.807) is 6.07 Å². The number of benzene rings is 1. The van der Waals surface area contributed by atoms with Gasteiger partial charge in [-0.3, -0.25) is 0 Å². The summed E-state index contributed by atoms with van der Waals surface area (Å²) in [6.45, 7) is 0. The topological polar surface area (TPSA) is 50.4 Å². The van der Waals surface area contributed by atoms with Gasteiger partial charge in [0.1, 0.15) is 0 Å². The summed E-state index contributed by atoms with van der Waals surface area (Å²) in [5.41, 5.74) is 7.03. The number of nitrogens with two attached hydrogens (primary N) is 1. The summed E-state index contributed by atoms with van der Waals surface area (Å²) >= 11 is 12.1. The number of halogens is 2. The fourth-order valence-corrected chi connectivity index (χ4v) is 2.99. The highest BCUT2D eigenvalue weighted by atomic mass is 35.5. The molecule has 1 aromatic rings. The molecule has 2 saturated carbocycles. The highest BCUT2D eigenvalue weighted by Crippen LogP contribution is 2.46. The average molecular weight is 298 g/mol. The summed E-state index contributed by atoms with van der Waals surface area (Å²) in [5, 5.41) is 4.65. The number of nitrogens with zero attached hydrogens (tertiary/aromatic N) is 1. The highest BCUT2D eigenvalue weighted by Gasteiger charge is 2.40. The maximum atomic E-state index is 6.20. The van der Waals surface area contributed by atoms with Crippen LogP contribution in [0.1, 0.15) is 37.2 Å². The van der Waals surface area contributed by atoms with E-state index >= 15 is 0 Å². The number of rotatable bonds is 3. The standard InChI is InChI=1S/C14H17Cl2N3/c15-8-4-5-10(12(16)6-8)11-7-13(11)19-14(17)18-9-2-1-3-9/h4-6,9,11,13H,1-3,7H2,(H3,17,18,19)/t11-,13+/m0/s1. The van der Waals surface area contributed by atoms with Crippen molar-refractivity contribution in [2.45, 2.75) is 43.7 Å². The van der Waals surface area contributed by atoms with E-state index in [2.05, 4.69) is 10.3 Å². The fraction of sp³-hybridized carbons (Fsp3) is 0.500. The molecular weight excluding hydrogens is 281 g/mol. The predicted octanol–water partition coefficient (Wildman–Crippen LogP) is 3.31. The highest BCUT2D eigenvalue weighted by molar-refractivity contribution is 6.35. The van der Waals surface area contributed by atoms with E-state index < -0.39 is 0 Å². The van der Waals surface area contributed by atoms with Gasteiger partial charge < -0.3 is 11.1 Å². The third kappa shape index (κ3) is 2.98. The minimum Gasteiger partial charge on any atom is -0.370 e. The molecule has 1 aromatic carbocycles. The Morgan fingerprint density at radius 2 is 2.11 bits per heavy atom. The van der Waals surface area contributed by atoms with E-state index in [-0.39, 0.29) is 6.04 Å². The van der Waals surface area contributed by atoms with Crippen LogP contribution in [-0.4, -0.2) is 18.0 Å². The van der Waals surface area contributed by atoms with Crippen LogP contribution in [0.25, 0.3) is 0 Å². The molecule has 5 heteroatoms. The Kier molecular flexibility index (Phi) is 3.59. The van der Waals surface area contributed by atoms with E-state index in [4.69, 9.17) is 28.9 Å². The lowest BCUT2D eigenvalue weighted by Crippen LogP contribution is -2.43. The van der Waals surface area contributed by atoms with E-state index in [1.165, 1.54) is 19.3 Å². The van der Waals surface area contributed by atoms with Gasteiger partial charge in [0.25, 0.3) is 0 Å². The third-order valence-electron chi connectivity index (χ3n) is 3.88. The van der Waals surface area contributed by atoms with Crippen LogP contribution >= 0.6 is 23.2 Å². The Morgan fingerprint density at radius 3 is 2.74 bits per heavy atom. The van der Waals surface area contributed by atoms with Crippen LogP contribution in [0.2, 0.25) is 10.0 Å². The van der Waals surface area contributed by atoms with Crippen LogP contribution in [0.4, 0.5) is 0 Å². The third-order valence-corrected chi connectivity index (χ3v) is 4.44. The van der Waals surface area contributed by atoms with Gasteiger partial charge in [0.15, 0.2) is 5.96 Å². The van der Waals surface area contributed by atoms with Crippen LogP contribution in [0.15, 0.2) is 23.2 Å². The molecular formula is C14H17Cl2N3. The number of guanidine groups is 1. The molecule has 2 aliphatic rings. The first-order valence-corrected chi connectivity index (χ1v) is 7.44. The summed E-state index contributed by atoms with van der Waals surface area (Å²) in [6.07, 6.45) is 4.70. The monoisotopic (exact) mass is 297 g/mol. The molecule has 0 aromatic heterocycles. The first-order valence-electron chi connectivity index (χ1n) is 6.68. The first kappa shape index (κ1) is 13.1. The van der Waals surface area contributed by atoms with Crippen molar-refractivity contribution in [1.29, 1.82) is 0 Å². The fourth-order valence-electron chi connectivity index (χ4n) is 2.44. The Morgan fingerprint density at radius 1 is 1.32 bits per heavy atom. The van der Waals surface area contributed by atoms with E-state index in [9.17, 15) is 0 Å². The van der Waals surface area contributed by atoms with Crippen molar-refractivity contribution in [3.63, 3.8) is 0 Å². The van der Waals surface area contributed by atoms with Gasteiger partial charge in [-0.1, -0.05) is 29.3 Å². The molecule has 0 amide bonds. The van der Waals surface area contributed by atoms with Crippen molar-refractivity contribution in [2.24, 2.45) is 10.7 Å². The molecule has 3 rings (SSSR count). The molecule has 3 nitrogen and oxygen atoms in total. The maximum Gasteiger partial charge on any atom is 0.189 e. The Labute approximate surface area is 123 Å². The van der Waals surface area contributed by atoms with Crippen molar-refractivity contribution in [2.75, 3.05) is 0 Å². The van der Waals surface area contributed by atoms with Crippen LogP contribution in [0, 0.1) is 0 Å². The summed E-state index contributed by atoms with van der Waals surface area (Å²) in [7, 11) is 0. The predicted molar refractivity (Wildman–Crippen MR) is 80.0 cm³/mol. The molecule has 0 bridgehead atoms. The minimum absolute atomic E-state index is 0.256. The quantitative estimate of drug-likeness (QED) is 0.664. The molecule has 2 fully saturated rings. The minimum atomic E-state index is 0.256. The van der Waals surface area contributed by atoms with Crippen molar-refractivity contribution in [3.05, 3.63) is 33.8 Å². The molecule has 102 valence electrons. The molecule has 0 saturated heterocycles. The van der Waals surface area contributed by atoms with Gasteiger partial charge in [0.2, 0.25) is 0 Å². The van der Waals surface area contributed by atoms with Crippen LogP contribution < -0.4 is 11.1 Å². The second-order valence-electron chi connectivity index (χ2n) is 5.36. The Hall–Kier alpha value is -0.930. The maximum absolute atomic E-state index is 6.20. The molecule has 2 aliphatic carbocycles. The summed E-state index contributed by atoms with van der Waals surface area (Å²) in [5.74, 6) is 0.953. The van der Waals surface area contributed by atoms with E-state index in [0.717, 1.165) is 17.0 Å². The van der Waals surface area contributed by atoms with E-state index in [1.807, 2.05) is 12.1 Å². The normalized spacial score (nSPS) is 26.9. The van der Waals surface area contributed by atoms with E-state index in [0.29, 0.717) is 22.9 Å². The van der Waals surface area contributed by atoms with Gasteiger partial charge in [-0.15, -0.1) is 0 Å². The zero-order valence-electron chi connectivity index (χ0n) is 10.6. The van der Waals surface area contributed by atoms with Gasteiger partial charge in [-0.2, -0.15) is 0 Å². The molecule has 0 unspecified atom stereocenters. The number of hydrogen-bond donors (Lipinski definition) is 2. The first-order chi connectivity index (χ1) is 9.13. The van der Waals surface area contributed by atoms with Crippen molar-refractivity contribution < 1.29 is 0 Å². The lowest BCUT2D eigenvalue weighted by Gasteiger charge is -2.26. The van der Waals surface area contributed by atoms with Crippen molar-refractivity contribution in [1.82, 2.24) is 5.32 Å². The summed E-state index contributed by atoms with van der Waals surface area (Å²) in [4.78, 5) is 4.52. The average Bonchev–Trinajstić information content (AvgIpc) is 3.03. The largest absolute Gasteiger partial charge is 0.370 e. The number of hydrogen-bond acceptors (Lipinski definition) is 1. The Balaban J connectivity index is 1.62. The molecule has 2 atom stereocenters. The Bertz CT molecular complexity index is 511. The molecule has 0 aliphatic heterocycles. The zero-order chi connectivity index (χ0) is 13.4. The van der Waals surface area contributed by atoms with Crippen molar-refractivity contribution >= 4 is 29.2 Å². The van der Waals surface area contributed by atoms with Gasteiger partial charge in [-0.25, -0.2) is 4.99 Å². The van der Waals surface area contributed by atoms with Crippen LogP contribution in [0.5, 0.6) is 0 Å². The molecule has 19 heavy (non-hydrogen) atoms. The van der Waals surface area contributed by atoms with Crippen LogP contribution in [-0.2, 0) is 0 Å². The van der Waals surface area contributed by atoms with Gasteiger partial charge in [0.05, 0.1) is 6.04 Å². The zero-order valence-corrected chi connectivity index (χ0v) is 12.1. The summed E-state index contributed by atoms with van der Waals surface area (Å²) in [6, 6.07) is 6.43. The van der Waals surface area contributed by atoms with Crippen molar-refractivity contribution in [3.8, 4) is 0 Å². The lowest BCUT2D eigenvalue weighted by molar-refractivity contribution is 0.382. The van der Waals surface area contributed by atoms with Gasteiger partial charge in [0, 0.05) is 22.0 Å². The SMILES string of the molecule is NC(=N[C@@H]1C[C@H]1c1ccc(Cl)cc1Cl)NC1CCC1. The summed E-state index contributed by atoms with van der Waals surface area (Å²) < 4.78 is 0. The van der Waals surface area contributed by atoms with Gasteiger partial charge >= 0.3 is 0 Å². The molecule has 3 N–H and O–H groups in total.